The third-order valence-corrected chi connectivity index (χ3v) is 3.07. The monoisotopic (exact) mass is 250 g/mol. The van der Waals surface area contributed by atoms with Crippen molar-refractivity contribution in [2.24, 2.45) is 0 Å². The van der Waals surface area contributed by atoms with E-state index in [1.165, 1.54) is 0 Å². The van der Waals surface area contributed by atoms with E-state index in [1.54, 1.807) is 6.07 Å². The van der Waals surface area contributed by atoms with E-state index in [4.69, 9.17) is 23.2 Å². The van der Waals surface area contributed by atoms with Crippen molar-refractivity contribution in [3.63, 3.8) is 0 Å². The maximum atomic E-state index is 10.9. The fourth-order valence-electron chi connectivity index (χ4n) is 1.52. The standard InChI is InChI=1S/C13H8Cl2O/c14-12-7-6-10(13(15)11(12)8-16)9-4-2-1-3-5-9/h1-8H. The Bertz CT molecular complexity index is 521. The van der Waals surface area contributed by atoms with Crippen LogP contribution in [0.3, 0.4) is 0 Å². The van der Waals surface area contributed by atoms with Crippen molar-refractivity contribution in [2.45, 2.75) is 0 Å². The summed E-state index contributed by atoms with van der Waals surface area (Å²) in [6.45, 7) is 0. The molecule has 2 aromatic carbocycles. The molecule has 0 saturated carbocycles. The lowest BCUT2D eigenvalue weighted by Gasteiger charge is -2.07. The van der Waals surface area contributed by atoms with E-state index >= 15 is 0 Å². The molecule has 0 bridgehead atoms. The molecule has 0 aliphatic carbocycles. The second-order valence-corrected chi connectivity index (χ2v) is 4.09. The second-order valence-electron chi connectivity index (χ2n) is 3.31. The van der Waals surface area contributed by atoms with Gasteiger partial charge in [0.15, 0.2) is 6.29 Å². The number of hydrogen-bond acceptors (Lipinski definition) is 1. The average molecular weight is 251 g/mol. The summed E-state index contributed by atoms with van der Waals surface area (Å²) in [5.41, 5.74) is 2.12. The minimum absolute atomic E-state index is 0.338. The number of aldehydes is 1. The molecule has 2 rings (SSSR count). The van der Waals surface area contributed by atoms with Gasteiger partial charge in [-0.05, 0) is 11.6 Å². The SMILES string of the molecule is O=Cc1c(Cl)ccc(-c2ccccc2)c1Cl. The molecular formula is C13H8Cl2O. The number of carbonyl (C=O) groups excluding carboxylic acids is 1. The quantitative estimate of drug-likeness (QED) is 0.719. The summed E-state index contributed by atoms with van der Waals surface area (Å²) < 4.78 is 0. The predicted octanol–water partition coefficient (Wildman–Crippen LogP) is 4.47. The lowest BCUT2D eigenvalue weighted by molar-refractivity contribution is 0.112. The molecule has 2 aromatic rings. The van der Waals surface area contributed by atoms with Gasteiger partial charge in [0.1, 0.15) is 0 Å². The summed E-state index contributed by atoms with van der Waals surface area (Å²) >= 11 is 12.0. The summed E-state index contributed by atoms with van der Waals surface area (Å²) in [5, 5.41) is 0.772. The molecule has 1 nitrogen and oxygen atoms in total. The van der Waals surface area contributed by atoms with Gasteiger partial charge in [-0.15, -0.1) is 0 Å². The van der Waals surface area contributed by atoms with Gasteiger partial charge in [0.25, 0.3) is 0 Å². The molecule has 0 radical (unpaired) electrons. The number of halogens is 2. The Morgan fingerprint density at radius 1 is 0.938 bits per heavy atom. The zero-order valence-electron chi connectivity index (χ0n) is 8.28. The van der Waals surface area contributed by atoms with Crippen molar-refractivity contribution in [3.05, 3.63) is 58.1 Å². The highest BCUT2D eigenvalue weighted by molar-refractivity contribution is 6.40. The third-order valence-electron chi connectivity index (χ3n) is 2.33. The minimum atomic E-state index is 0.338. The Kier molecular flexibility index (Phi) is 3.28. The van der Waals surface area contributed by atoms with E-state index < -0.39 is 0 Å². The average Bonchev–Trinajstić information content (AvgIpc) is 2.31. The minimum Gasteiger partial charge on any atom is -0.298 e. The fraction of sp³-hybridized carbons (Fsp3) is 0. The van der Waals surface area contributed by atoms with Crippen molar-refractivity contribution in [1.29, 1.82) is 0 Å². The highest BCUT2D eigenvalue weighted by Gasteiger charge is 2.10. The van der Waals surface area contributed by atoms with Crippen LogP contribution in [0.25, 0.3) is 11.1 Å². The van der Waals surface area contributed by atoms with Crippen LogP contribution in [-0.2, 0) is 0 Å². The fourth-order valence-corrected chi connectivity index (χ4v) is 2.09. The van der Waals surface area contributed by atoms with Crippen LogP contribution in [0.5, 0.6) is 0 Å². The van der Waals surface area contributed by atoms with E-state index in [-0.39, 0.29) is 0 Å². The molecule has 0 heterocycles. The van der Waals surface area contributed by atoms with Crippen LogP contribution in [0.4, 0.5) is 0 Å². The first-order valence-electron chi connectivity index (χ1n) is 4.72. The van der Waals surface area contributed by atoms with Crippen LogP contribution in [0.15, 0.2) is 42.5 Å². The first kappa shape index (κ1) is 11.2. The van der Waals surface area contributed by atoms with Crippen LogP contribution >= 0.6 is 23.2 Å². The normalized spacial score (nSPS) is 10.1. The highest BCUT2D eigenvalue weighted by atomic mass is 35.5. The van der Waals surface area contributed by atoms with Crippen molar-refractivity contribution in [3.8, 4) is 11.1 Å². The first-order valence-corrected chi connectivity index (χ1v) is 5.48. The summed E-state index contributed by atoms with van der Waals surface area (Å²) in [6, 6.07) is 13.1. The van der Waals surface area contributed by atoms with E-state index in [1.807, 2.05) is 36.4 Å². The molecule has 0 atom stereocenters. The lowest BCUT2D eigenvalue weighted by Crippen LogP contribution is -1.88. The first-order chi connectivity index (χ1) is 7.74. The van der Waals surface area contributed by atoms with Gasteiger partial charge in [-0.1, -0.05) is 59.6 Å². The van der Waals surface area contributed by atoms with Gasteiger partial charge in [-0.3, -0.25) is 4.79 Å². The van der Waals surface area contributed by atoms with E-state index in [0.717, 1.165) is 11.1 Å². The van der Waals surface area contributed by atoms with Crippen molar-refractivity contribution >= 4 is 29.5 Å². The molecule has 0 saturated heterocycles. The molecule has 0 unspecified atom stereocenters. The molecule has 0 aromatic heterocycles. The summed E-state index contributed by atoms with van der Waals surface area (Å²) in [4.78, 5) is 10.9. The number of hydrogen-bond donors (Lipinski definition) is 0. The maximum Gasteiger partial charge on any atom is 0.153 e. The Labute approximate surface area is 104 Å². The van der Waals surface area contributed by atoms with Crippen LogP contribution in [-0.4, -0.2) is 6.29 Å². The molecule has 0 spiro atoms. The number of carbonyl (C=O) groups is 1. The molecule has 16 heavy (non-hydrogen) atoms. The van der Waals surface area contributed by atoms with Crippen LogP contribution in [0, 0.1) is 0 Å². The second kappa shape index (κ2) is 4.69. The Hall–Kier alpha value is -1.31. The smallest absolute Gasteiger partial charge is 0.153 e. The summed E-state index contributed by atoms with van der Waals surface area (Å²) in [6.07, 6.45) is 0.678. The van der Waals surface area contributed by atoms with Crippen LogP contribution in [0.2, 0.25) is 10.0 Å². The van der Waals surface area contributed by atoms with Crippen LogP contribution in [0.1, 0.15) is 10.4 Å². The Morgan fingerprint density at radius 2 is 1.62 bits per heavy atom. The zero-order valence-corrected chi connectivity index (χ0v) is 9.79. The van der Waals surface area contributed by atoms with Gasteiger partial charge in [0, 0.05) is 5.56 Å². The third kappa shape index (κ3) is 1.97. The highest BCUT2D eigenvalue weighted by Crippen LogP contribution is 2.33. The van der Waals surface area contributed by atoms with E-state index in [0.29, 0.717) is 21.9 Å². The van der Waals surface area contributed by atoms with Gasteiger partial charge in [0.2, 0.25) is 0 Å². The van der Waals surface area contributed by atoms with Gasteiger partial charge in [-0.25, -0.2) is 0 Å². The van der Waals surface area contributed by atoms with Crippen LogP contribution < -0.4 is 0 Å². The topological polar surface area (TPSA) is 17.1 Å². The van der Waals surface area contributed by atoms with Crippen molar-refractivity contribution in [1.82, 2.24) is 0 Å². The predicted molar refractivity (Wildman–Crippen MR) is 67.3 cm³/mol. The van der Waals surface area contributed by atoms with Crippen molar-refractivity contribution < 1.29 is 4.79 Å². The number of rotatable bonds is 2. The molecule has 0 aliphatic rings. The molecule has 0 amide bonds. The maximum absolute atomic E-state index is 10.9. The van der Waals surface area contributed by atoms with Crippen molar-refractivity contribution in [2.75, 3.05) is 0 Å². The molecule has 80 valence electrons. The summed E-state index contributed by atoms with van der Waals surface area (Å²) in [5.74, 6) is 0. The Morgan fingerprint density at radius 3 is 2.25 bits per heavy atom. The molecule has 0 fully saturated rings. The molecule has 3 heteroatoms. The van der Waals surface area contributed by atoms with E-state index in [2.05, 4.69) is 0 Å². The van der Waals surface area contributed by atoms with E-state index in [9.17, 15) is 4.79 Å². The lowest BCUT2D eigenvalue weighted by atomic mass is 10.0. The zero-order chi connectivity index (χ0) is 11.5. The molecular weight excluding hydrogens is 243 g/mol. The molecule has 0 N–H and O–H groups in total. The van der Waals surface area contributed by atoms with Gasteiger partial charge in [-0.2, -0.15) is 0 Å². The van der Waals surface area contributed by atoms with Gasteiger partial charge < -0.3 is 0 Å². The Balaban J connectivity index is 2.64. The van der Waals surface area contributed by atoms with Gasteiger partial charge in [0.05, 0.1) is 15.6 Å². The van der Waals surface area contributed by atoms with Gasteiger partial charge >= 0.3 is 0 Å². The summed E-state index contributed by atoms with van der Waals surface area (Å²) in [7, 11) is 0. The molecule has 0 aliphatic heterocycles. The largest absolute Gasteiger partial charge is 0.298 e. The number of benzene rings is 2.